The minimum absolute atomic E-state index is 0.00834. The molecule has 0 atom stereocenters. The van der Waals surface area contributed by atoms with E-state index in [2.05, 4.69) is 50.6 Å². The van der Waals surface area contributed by atoms with E-state index in [1.807, 2.05) is 0 Å². The summed E-state index contributed by atoms with van der Waals surface area (Å²) in [5.41, 5.74) is 3.64. The zero-order valence-electron chi connectivity index (χ0n) is 34.9. The molecule has 20 heteroatoms. The second-order valence-electron chi connectivity index (χ2n) is 15.2. The summed E-state index contributed by atoms with van der Waals surface area (Å²) in [6.07, 6.45) is 16.9. The zero-order chi connectivity index (χ0) is 44.5. The zero-order valence-corrected chi connectivity index (χ0v) is 36.5. The Bertz CT molecular complexity index is 2170. The molecule has 2 aromatic heterocycles. The molecule has 62 heavy (non-hydrogen) atoms. The molecule has 2 aliphatic carbocycles. The van der Waals surface area contributed by atoms with Crippen molar-refractivity contribution >= 4 is 43.9 Å². The van der Waals surface area contributed by atoms with E-state index in [0.29, 0.717) is 25.9 Å². The smallest absolute Gasteiger partial charge is 0.328 e. The number of amides is 6. The summed E-state index contributed by atoms with van der Waals surface area (Å²) in [7, 11) is -7.90. The number of urea groups is 2. The highest BCUT2D eigenvalue weighted by atomic mass is 32.2. The molecule has 6 N–H and O–H groups in total. The number of aromatic nitrogens is 4. The summed E-state index contributed by atoms with van der Waals surface area (Å²) >= 11 is 0. The number of hydrogen-bond acceptors (Lipinski definition) is 12. The van der Waals surface area contributed by atoms with Crippen molar-refractivity contribution in [1.29, 1.82) is 0 Å². The first-order valence-corrected chi connectivity index (χ1v) is 23.6. The molecule has 0 saturated heterocycles. The molecular formula is C42H54N10O8S2. The fraction of sp³-hybridized carbons (Fsp3) is 0.429. The van der Waals surface area contributed by atoms with Crippen molar-refractivity contribution in [2.24, 2.45) is 0 Å². The highest BCUT2D eigenvalue weighted by molar-refractivity contribution is 7.90. The van der Waals surface area contributed by atoms with E-state index in [0.717, 1.165) is 86.7 Å². The highest BCUT2D eigenvalue weighted by Gasteiger charge is 2.23. The van der Waals surface area contributed by atoms with Crippen molar-refractivity contribution in [3.8, 4) is 0 Å². The lowest BCUT2D eigenvalue weighted by molar-refractivity contribution is 0.0940. The molecule has 0 aliphatic heterocycles. The summed E-state index contributed by atoms with van der Waals surface area (Å²) in [5.74, 6) is -0.639. The van der Waals surface area contributed by atoms with Crippen LogP contribution in [0.3, 0.4) is 0 Å². The van der Waals surface area contributed by atoms with Gasteiger partial charge in [0, 0.05) is 37.6 Å². The van der Waals surface area contributed by atoms with Crippen LogP contribution in [0.1, 0.15) is 108 Å². The maximum absolute atomic E-state index is 12.4. The standard InChI is InChI=1S/2C21H27N5O4S/c2*1-15-13-24-19(14-23-15)20(27)22-12-11-16-7-9-18(10-8-16)31(29,30)26-21(28)25-17-5-3-2-4-6-17/h2*7-10,13-14,17H,2-6,11-12H2,1H3,(H,22,27)(H2,25,26,28). The molecule has 6 amide bonds. The Labute approximate surface area is 362 Å². The van der Waals surface area contributed by atoms with E-state index in [1.165, 1.54) is 49.1 Å². The SMILES string of the molecule is Cc1cnc(C(=O)NCCc2ccc(S(=O)(=O)NC(=O)NC3CCCCC3)cc2)cn1.Cc1cnc(C(=O)NCCc2ccc(S(=O)(=O)NC(=O)NC3CCCCC3)cc2)cn1. The highest BCUT2D eigenvalue weighted by Crippen LogP contribution is 2.19. The van der Waals surface area contributed by atoms with Crippen LogP contribution in [0.2, 0.25) is 0 Å². The number of carbonyl (C=O) groups excluding carboxylic acids is 4. The van der Waals surface area contributed by atoms with Crippen LogP contribution in [0.5, 0.6) is 0 Å². The van der Waals surface area contributed by atoms with Crippen LogP contribution in [0.15, 0.2) is 83.1 Å². The van der Waals surface area contributed by atoms with E-state index < -0.39 is 32.1 Å². The van der Waals surface area contributed by atoms with Gasteiger partial charge in [-0.25, -0.2) is 45.8 Å². The third-order valence-corrected chi connectivity index (χ3v) is 12.9. The molecule has 0 unspecified atom stereocenters. The number of carbonyl (C=O) groups is 4. The van der Waals surface area contributed by atoms with Gasteiger partial charge in [-0.15, -0.1) is 0 Å². The number of nitrogens with one attached hydrogen (secondary N) is 6. The first-order chi connectivity index (χ1) is 29.7. The minimum atomic E-state index is -3.95. The first kappa shape index (κ1) is 47.0. The van der Waals surface area contributed by atoms with Gasteiger partial charge < -0.3 is 21.3 Å². The predicted octanol–water partition coefficient (Wildman–Crippen LogP) is 4.16. The quantitative estimate of drug-likeness (QED) is 0.104. The number of rotatable bonds is 14. The van der Waals surface area contributed by atoms with E-state index in [1.54, 1.807) is 38.1 Å². The van der Waals surface area contributed by atoms with Gasteiger partial charge in [-0.3, -0.25) is 19.6 Å². The van der Waals surface area contributed by atoms with Gasteiger partial charge >= 0.3 is 12.1 Å². The van der Waals surface area contributed by atoms with E-state index in [4.69, 9.17) is 0 Å². The number of hydrogen-bond donors (Lipinski definition) is 6. The molecular weight excluding hydrogens is 837 g/mol. The van der Waals surface area contributed by atoms with Crippen molar-refractivity contribution in [2.45, 2.75) is 113 Å². The second kappa shape index (κ2) is 22.7. The van der Waals surface area contributed by atoms with Gasteiger partial charge in [0.25, 0.3) is 31.9 Å². The molecule has 2 aromatic carbocycles. The number of benzene rings is 2. The normalized spacial score (nSPS) is 14.6. The van der Waals surface area contributed by atoms with Crippen LogP contribution in [-0.4, -0.2) is 85.8 Å². The summed E-state index contributed by atoms with van der Waals surface area (Å²) in [5, 5.41) is 11.0. The minimum Gasteiger partial charge on any atom is -0.350 e. The first-order valence-electron chi connectivity index (χ1n) is 20.6. The lowest BCUT2D eigenvalue weighted by atomic mass is 9.96. The maximum Gasteiger partial charge on any atom is 0.328 e. The van der Waals surface area contributed by atoms with Gasteiger partial charge in [-0.2, -0.15) is 0 Å². The Morgan fingerprint density at radius 3 is 1.19 bits per heavy atom. The topological polar surface area (TPSA) is 260 Å². The van der Waals surface area contributed by atoms with Crippen molar-refractivity contribution in [1.82, 2.24) is 50.6 Å². The Morgan fingerprint density at radius 2 is 0.871 bits per heavy atom. The molecule has 6 rings (SSSR count). The second-order valence-corrected chi connectivity index (χ2v) is 18.6. The fourth-order valence-electron chi connectivity index (χ4n) is 6.80. The van der Waals surface area contributed by atoms with Crippen LogP contribution in [-0.2, 0) is 32.9 Å². The Kier molecular flexibility index (Phi) is 17.2. The van der Waals surface area contributed by atoms with Crippen molar-refractivity contribution in [2.75, 3.05) is 13.1 Å². The fourth-order valence-corrected chi connectivity index (χ4v) is 8.63. The van der Waals surface area contributed by atoms with Crippen LogP contribution in [0.4, 0.5) is 9.59 Å². The monoisotopic (exact) mass is 890 g/mol. The van der Waals surface area contributed by atoms with Gasteiger partial charge in [0.2, 0.25) is 0 Å². The van der Waals surface area contributed by atoms with E-state index in [-0.39, 0.29) is 45.1 Å². The van der Waals surface area contributed by atoms with Crippen molar-refractivity contribution in [3.63, 3.8) is 0 Å². The summed E-state index contributed by atoms with van der Waals surface area (Å²) < 4.78 is 53.9. The van der Waals surface area contributed by atoms with E-state index >= 15 is 0 Å². The molecule has 18 nitrogen and oxygen atoms in total. The Balaban J connectivity index is 0.000000234. The van der Waals surface area contributed by atoms with E-state index in [9.17, 15) is 36.0 Å². The van der Waals surface area contributed by atoms with Crippen LogP contribution in [0, 0.1) is 13.8 Å². The summed E-state index contributed by atoms with van der Waals surface area (Å²) in [6, 6.07) is 11.1. The number of aryl methyl sites for hydroxylation is 2. The Hall–Kier alpha value is -6.02. The summed E-state index contributed by atoms with van der Waals surface area (Å²) in [6.45, 7) is 4.31. The van der Waals surface area contributed by atoms with Gasteiger partial charge in [0.15, 0.2) is 0 Å². The van der Waals surface area contributed by atoms with Gasteiger partial charge in [0.05, 0.1) is 33.6 Å². The lowest BCUT2D eigenvalue weighted by Gasteiger charge is -2.22. The molecule has 332 valence electrons. The van der Waals surface area contributed by atoms with Crippen LogP contribution in [0.25, 0.3) is 0 Å². The van der Waals surface area contributed by atoms with Crippen LogP contribution >= 0.6 is 0 Å². The molecule has 2 saturated carbocycles. The largest absolute Gasteiger partial charge is 0.350 e. The average Bonchev–Trinajstić information content (AvgIpc) is 3.25. The molecule has 2 aliphatic rings. The third kappa shape index (κ3) is 15.2. The lowest BCUT2D eigenvalue weighted by Crippen LogP contribution is -2.45. The molecule has 0 spiro atoms. The molecule has 4 aromatic rings. The third-order valence-electron chi connectivity index (χ3n) is 10.2. The van der Waals surface area contributed by atoms with Gasteiger partial charge in [0.1, 0.15) is 11.4 Å². The molecule has 0 bridgehead atoms. The van der Waals surface area contributed by atoms with Crippen LogP contribution < -0.4 is 30.7 Å². The predicted molar refractivity (Wildman–Crippen MR) is 230 cm³/mol. The van der Waals surface area contributed by atoms with Crippen molar-refractivity contribution in [3.05, 3.63) is 107 Å². The van der Waals surface area contributed by atoms with Gasteiger partial charge in [-0.05, 0) is 87.8 Å². The molecule has 2 heterocycles. The Morgan fingerprint density at radius 1 is 0.516 bits per heavy atom. The maximum atomic E-state index is 12.4. The number of sulfonamides is 2. The molecule has 2 fully saturated rings. The van der Waals surface area contributed by atoms with Crippen molar-refractivity contribution < 1.29 is 36.0 Å². The molecule has 0 radical (unpaired) electrons. The summed E-state index contributed by atoms with van der Waals surface area (Å²) in [4.78, 5) is 64.3. The number of nitrogens with zero attached hydrogens (tertiary/aromatic N) is 4. The van der Waals surface area contributed by atoms with Gasteiger partial charge in [-0.1, -0.05) is 62.8 Å². The average molecular weight is 891 g/mol.